The van der Waals surface area contributed by atoms with Gasteiger partial charge in [0, 0.05) is 5.02 Å². The Hall–Kier alpha value is -2.17. The molecule has 23 heavy (non-hydrogen) atoms. The molecule has 2 heterocycles. The van der Waals surface area contributed by atoms with Crippen molar-refractivity contribution in [3.63, 3.8) is 0 Å². The number of thiazole rings is 1. The van der Waals surface area contributed by atoms with E-state index in [1.165, 1.54) is 16.9 Å². The molecule has 0 spiro atoms. The van der Waals surface area contributed by atoms with Gasteiger partial charge in [-0.2, -0.15) is 0 Å². The first-order chi connectivity index (χ1) is 11.0. The van der Waals surface area contributed by atoms with Crippen LogP contribution in [0.4, 0.5) is 0 Å². The molecule has 0 fully saturated rings. The lowest BCUT2D eigenvalue weighted by Gasteiger charge is -1.98. The average molecular weight is 341 g/mol. The van der Waals surface area contributed by atoms with Gasteiger partial charge in [-0.25, -0.2) is 9.38 Å². The van der Waals surface area contributed by atoms with Crippen LogP contribution in [0.1, 0.15) is 16.7 Å². The normalized spacial score (nSPS) is 12.6. The molecule has 0 radical (unpaired) electrons. The van der Waals surface area contributed by atoms with Gasteiger partial charge in [0.05, 0.1) is 15.6 Å². The molecule has 5 heteroatoms. The molecule has 3 nitrogen and oxygen atoms in total. The van der Waals surface area contributed by atoms with Gasteiger partial charge in [-0.1, -0.05) is 41.1 Å². The van der Waals surface area contributed by atoms with E-state index < -0.39 is 0 Å². The molecule has 4 aromatic rings. The third-order valence-electron chi connectivity index (χ3n) is 4.05. The van der Waals surface area contributed by atoms with Gasteiger partial charge in [-0.15, -0.1) is 0 Å². The second-order valence-corrected chi connectivity index (χ2v) is 7.01. The van der Waals surface area contributed by atoms with E-state index in [9.17, 15) is 4.79 Å². The minimum atomic E-state index is -0.0457. The van der Waals surface area contributed by atoms with Crippen LogP contribution < -0.4 is 10.1 Å². The molecule has 0 bridgehead atoms. The highest BCUT2D eigenvalue weighted by Gasteiger charge is 2.12. The van der Waals surface area contributed by atoms with Crippen LogP contribution in [-0.4, -0.2) is 9.38 Å². The van der Waals surface area contributed by atoms with Crippen molar-refractivity contribution in [3.8, 4) is 0 Å². The van der Waals surface area contributed by atoms with Gasteiger partial charge in [0.1, 0.15) is 0 Å². The molecule has 0 aliphatic carbocycles. The predicted octanol–water partition coefficient (Wildman–Crippen LogP) is 3.73. The van der Waals surface area contributed by atoms with E-state index in [-0.39, 0.29) is 5.56 Å². The van der Waals surface area contributed by atoms with E-state index in [4.69, 9.17) is 11.6 Å². The van der Waals surface area contributed by atoms with Gasteiger partial charge in [-0.05, 0) is 54.8 Å². The largest absolute Gasteiger partial charge is 0.274 e. The number of hydrogen-bond acceptors (Lipinski definition) is 3. The smallest absolute Gasteiger partial charge is 0.267 e. The van der Waals surface area contributed by atoms with Gasteiger partial charge < -0.3 is 0 Å². The first-order valence-corrected chi connectivity index (χ1v) is 8.42. The van der Waals surface area contributed by atoms with Crippen molar-refractivity contribution in [2.24, 2.45) is 0 Å². The Bertz CT molecular complexity index is 1170. The summed E-state index contributed by atoms with van der Waals surface area (Å²) in [6.07, 6.45) is 1.83. The molecular weight excluding hydrogens is 328 g/mol. The fourth-order valence-corrected chi connectivity index (χ4v) is 3.82. The Morgan fingerprint density at radius 3 is 2.70 bits per heavy atom. The van der Waals surface area contributed by atoms with Gasteiger partial charge in [-0.3, -0.25) is 4.79 Å². The molecule has 0 amide bonds. The molecule has 0 aliphatic rings. The summed E-state index contributed by atoms with van der Waals surface area (Å²) < 4.78 is 2.33. The van der Waals surface area contributed by atoms with Gasteiger partial charge >= 0.3 is 0 Å². The van der Waals surface area contributed by atoms with Crippen LogP contribution in [0, 0.1) is 13.8 Å². The van der Waals surface area contributed by atoms with E-state index in [1.54, 1.807) is 4.40 Å². The van der Waals surface area contributed by atoms with E-state index in [0.717, 1.165) is 22.2 Å². The second-order valence-electron chi connectivity index (χ2n) is 5.59. The number of hydrogen-bond donors (Lipinski definition) is 0. The predicted molar refractivity (Wildman–Crippen MR) is 96.6 cm³/mol. The Kier molecular flexibility index (Phi) is 3.25. The third kappa shape index (κ3) is 2.26. The summed E-state index contributed by atoms with van der Waals surface area (Å²) >= 11 is 7.57. The highest BCUT2D eigenvalue weighted by molar-refractivity contribution is 7.15. The van der Waals surface area contributed by atoms with E-state index in [2.05, 4.69) is 11.9 Å². The van der Waals surface area contributed by atoms with Crippen molar-refractivity contribution < 1.29 is 0 Å². The van der Waals surface area contributed by atoms with Crippen molar-refractivity contribution in [1.29, 1.82) is 0 Å². The molecule has 0 unspecified atom stereocenters. The van der Waals surface area contributed by atoms with Gasteiger partial charge in [0.2, 0.25) is 0 Å². The molecule has 2 aromatic heterocycles. The Morgan fingerprint density at radius 1 is 1.17 bits per heavy atom. The molecule has 0 aliphatic heterocycles. The number of fused-ring (bicyclic) bond motifs is 3. The SMILES string of the molecule is Cc1cc2nc3s/c(=C\c4ccccc4Cl)c(=O)n3c2cc1C. The number of aromatic nitrogens is 2. The maximum absolute atomic E-state index is 12.8. The standard InChI is InChI=1S/C18H13ClN2OS/c1-10-7-14-15(8-11(10)2)21-17(22)16(23-18(21)20-14)9-12-5-3-4-6-13(12)19/h3-9H,1-2H3/b16-9-. The van der Waals surface area contributed by atoms with E-state index in [1.807, 2.05) is 49.4 Å². The zero-order valence-electron chi connectivity index (χ0n) is 12.6. The molecule has 4 rings (SSSR count). The van der Waals surface area contributed by atoms with Crippen LogP contribution in [0.3, 0.4) is 0 Å². The summed E-state index contributed by atoms with van der Waals surface area (Å²) in [7, 11) is 0. The van der Waals surface area contributed by atoms with Crippen molar-refractivity contribution in [3.05, 3.63) is 73.0 Å². The number of halogens is 1. The maximum atomic E-state index is 12.8. The summed E-state index contributed by atoms with van der Waals surface area (Å²) in [5.74, 6) is 0. The zero-order chi connectivity index (χ0) is 16.1. The van der Waals surface area contributed by atoms with Crippen LogP contribution in [0.2, 0.25) is 5.02 Å². The van der Waals surface area contributed by atoms with Gasteiger partial charge in [0.25, 0.3) is 5.56 Å². The number of nitrogens with zero attached hydrogens (tertiary/aromatic N) is 2. The van der Waals surface area contributed by atoms with Crippen LogP contribution in [0.25, 0.3) is 22.1 Å². The van der Waals surface area contributed by atoms with E-state index >= 15 is 0 Å². The van der Waals surface area contributed by atoms with Crippen molar-refractivity contribution >= 4 is 45.0 Å². The highest BCUT2D eigenvalue weighted by Crippen LogP contribution is 2.21. The molecule has 2 aromatic carbocycles. The Balaban J connectivity index is 2.05. The summed E-state index contributed by atoms with van der Waals surface area (Å²) in [5, 5.41) is 0.634. The fraction of sp³-hybridized carbons (Fsp3) is 0.111. The topological polar surface area (TPSA) is 34.4 Å². The minimum Gasteiger partial charge on any atom is -0.267 e. The first-order valence-electron chi connectivity index (χ1n) is 7.23. The lowest BCUT2D eigenvalue weighted by Crippen LogP contribution is -2.22. The third-order valence-corrected chi connectivity index (χ3v) is 5.36. The summed E-state index contributed by atoms with van der Waals surface area (Å²) in [4.78, 5) is 18.1. The minimum absolute atomic E-state index is 0.0457. The van der Waals surface area contributed by atoms with Crippen molar-refractivity contribution in [2.75, 3.05) is 0 Å². The average Bonchev–Trinajstić information content (AvgIpc) is 3.00. The van der Waals surface area contributed by atoms with Crippen molar-refractivity contribution in [2.45, 2.75) is 13.8 Å². The summed E-state index contributed by atoms with van der Waals surface area (Å²) in [6, 6.07) is 11.5. The Morgan fingerprint density at radius 2 is 1.91 bits per heavy atom. The Labute approximate surface area is 141 Å². The van der Waals surface area contributed by atoms with E-state index in [0.29, 0.717) is 14.5 Å². The lowest BCUT2D eigenvalue weighted by molar-refractivity contribution is 1.18. The number of aryl methyl sites for hydroxylation is 2. The second kappa shape index (κ2) is 5.18. The number of benzene rings is 2. The molecular formula is C18H13ClN2OS. The number of imidazole rings is 1. The van der Waals surface area contributed by atoms with Crippen LogP contribution in [-0.2, 0) is 0 Å². The van der Waals surface area contributed by atoms with Crippen molar-refractivity contribution in [1.82, 2.24) is 9.38 Å². The zero-order valence-corrected chi connectivity index (χ0v) is 14.2. The summed E-state index contributed by atoms with van der Waals surface area (Å²) in [5.41, 5.74) is 4.85. The number of rotatable bonds is 1. The maximum Gasteiger partial charge on any atom is 0.274 e. The molecule has 0 N–H and O–H groups in total. The highest BCUT2D eigenvalue weighted by atomic mass is 35.5. The van der Waals surface area contributed by atoms with Crippen LogP contribution in [0.5, 0.6) is 0 Å². The molecule has 114 valence electrons. The first kappa shape index (κ1) is 14.4. The lowest BCUT2D eigenvalue weighted by atomic mass is 10.1. The summed E-state index contributed by atoms with van der Waals surface area (Å²) in [6.45, 7) is 4.10. The molecule has 0 saturated carbocycles. The quantitative estimate of drug-likeness (QED) is 0.529. The monoisotopic (exact) mass is 340 g/mol. The fourth-order valence-electron chi connectivity index (χ4n) is 2.65. The molecule has 0 saturated heterocycles. The van der Waals surface area contributed by atoms with Crippen LogP contribution in [0.15, 0.2) is 41.2 Å². The molecule has 0 atom stereocenters. The van der Waals surface area contributed by atoms with Crippen LogP contribution >= 0.6 is 22.9 Å². The van der Waals surface area contributed by atoms with Gasteiger partial charge in [0.15, 0.2) is 4.96 Å².